The van der Waals surface area contributed by atoms with E-state index >= 15 is 0 Å². The van der Waals surface area contributed by atoms with Crippen molar-refractivity contribution in [1.82, 2.24) is 20.1 Å². The van der Waals surface area contributed by atoms with Crippen LogP contribution in [-0.4, -0.2) is 26.7 Å². The summed E-state index contributed by atoms with van der Waals surface area (Å²) >= 11 is 1.51. The maximum atomic E-state index is 12.2. The third kappa shape index (κ3) is 3.91. The summed E-state index contributed by atoms with van der Waals surface area (Å²) in [5.74, 6) is -0.0342. The molecule has 126 valence electrons. The molecule has 24 heavy (non-hydrogen) atoms. The number of nitrogens with one attached hydrogen (secondary N) is 1. The molecule has 0 bridgehead atoms. The number of aromatic nitrogens is 3. The Morgan fingerprint density at radius 1 is 1.46 bits per heavy atom. The Bertz CT molecular complexity index is 820. The lowest BCUT2D eigenvalue weighted by Gasteiger charge is -2.14. The zero-order chi connectivity index (χ0) is 17.1. The molecule has 6 nitrogen and oxygen atoms in total. The molecule has 0 saturated carbocycles. The van der Waals surface area contributed by atoms with E-state index in [2.05, 4.69) is 15.4 Å². The van der Waals surface area contributed by atoms with Gasteiger partial charge in [0, 0.05) is 22.7 Å². The van der Waals surface area contributed by atoms with E-state index in [4.69, 9.17) is 4.42 Å². The van der Waals surface area contributed by atoms with Crippen LogP contribution >= 0.6 is 11.3 Å². The highest BCUT2D eigenvalue weighted by Gasteiger charge is 2.13. The molecule has 3 aromatic heterocycles. The Balaban J connectivity index is 1.54. The van der Waals surface area contributed by atoms with E-state index in [9.17, 15) is 4.79 Å². The number of carbonyl (C=O) groups excluding carboxylic acids is 1. The van der Waals surface area contributed by atoms with Gasteiger partial charge in [0.2, 0.25) is 5.91 Å². The lowest BCUT2D eigenvalue weighted by Crippen LogP contribution is -2.37. The minimum absolute atomic E-state index is 0.00230. The fourth-order valence-corrected chi connectivity index (χ4v) is 3.37. The summed E-state index contributed by atoms with van der Waals surface area (Å²) < 4.78 is 6.98. The molecule has 0 spiro atoms. The van der Waals surface area contributed by atoms with Gasteiger partial charge in [0.25, 0.3) is 0 Å². The summed E-state index contributed by atoms with van der Waals surface area (Å²) in [6, 6.07) is 3.89. The SMILES string of the molecule is Cc1cc(C)n(CC(C)NC(=O)Cc2csc(-c3ccoc3)n2)n1. The van der Waals surface area contributed by atoms with Gasteiger partial charge in [-0.3, -0.25) is 9.48 Å². The van der Waals surface area contributed by atoms with Crippen LogP contribution in [0.1, 0.15) is 24.0 Å². The number of furan rings is 1. The van der Waals surface area contributed by atoms with Crippen LogP contribution in [0.5, 0.6) is 0 Å². The van der Waals surface area contributed by atoms with Crippen molar-refractivity contribution in [2.75, 3.05) is 0 Å². The van der Waals surface area contributed by atoms with Crippen molar-refractivity contribution in [2.45, 2.75) is 39.8 Å². The van der Waals surface area contributed by atoms with Gasteiger partial charge in [-0.15, -0.1) is 11.3 Å². The zero-order valence-electron chi connectivity index (χ0n) is 13.9. The standard InChI is InChI=1S/C17H20N4O2S/c1-11-6-13(3)21(20-11)8-12(2)18-16(22)7-15-10-24-17(19-15)14-4-5-23-9-14/h4-6,9-10,12H,7-8H2,1-3H3,(H,18,22). The van der Waals surface area contributed by atoms with Gasteiger partial charge in [-0.1, -0.05) is 0 Å². The van der Waals surface area contributed by atoms with E-state index in [1.54, 1.807) is 12.5 Å². The predicted octanol–water partition coefficient (Wildman–Crippen LogP) is 2.96. The molecule has 0 aliphatic rings. The quantitative estimate of drug-likeness (QED) is 0.746. The van der Waals surface area contributed by atoms with E-state index in [1.807, 2.05) is 43.0 Å². The molecule has 0 aromatic carbocycles. The van der Waals surface area contributed by atoms with Crippen molar-refractivity contribution >= 4 is 17.2 Å². The second kappa shape index (κ2) is 7.00. The molecule has 0 aliphatic carbocycles. The molecule has 1 amide bonds. The summed E-state index contributed by atoms with van der Waals surface area (Å²) in [5, 5.41) is 10.2. The van der Waals surface area contributed by atoms with Crippen LogP contribution in [0.3, 0.4) is 0 Å². The van der Waals surface area contributed by atoms with E-state index in [-0.39, 0.29) is 18.4 Å². The van der Waals surface area contributed by atoms with E-state index in [0.717, 1.165) is 27.7 Å². The molecular formula is C17H20N4O2S. The lowest BCUT2D eigenvalue weighted by molar-refractivity contribution is -0.121. The summed E-state index contributed by atoms with van der Waals surface area (Å²) in [4.78, 5) is 16.7. The van der Waals surface area contributed by atoms with Crippen LogP contribution in [0.2, 0.25) is 0 Å². The molecule has 7 heteroatoms. The van der Waals surface area contributed by atoms with E-state index in [1.165, 1.54) is 11.3 Å². The molecule has 1 unspecified atom stereocenters. The van der Waals surface area contributed by atoms with Gasteiger partial charge in [0.15, 0.2) is 0 Å². The Labute approximate surface area is 144 Å². The fraction of sp³-hybridized carbons (Fsp3) is 0.353. The first-order valence-corrected chi connectivity index (χ1v) is 8.66. The highest BCUT2D eigenvalue weighted by molar-refractivity contribution is 7.13. The lowest BCUT2D eigenvalue weighted by atomic mass is 10.2. The Hall–Kier alpha value is -2.41. The number of thiazole rings is 1. The van der Waals surface area contributed by atoms with Gasteiger partial charge in [0.05, 0.1) is 30.6 Å². The van der Waals surface area contributed by atoms with Crippen LogP contribution < -0.4 is 5.32 Å². The molecule has 1 atom stereocenters. The number of carbonyl (C=O) groups is 1. The first kappa shape index (κ1) is 16.4. The minimum Gasteiger partial charge on any atom is -0.472 e. The summed E-state index contributed by atoms with van der Waals surface area (Å²) in [7, 11) is 0. The average Bonchev–Trinajstić information content (AvgIpc) is 3.21. The fourth-order valence-electron chi connectivity index (χ4n) is 2.56. The number of nitrogens with zero attached hydrogens (tertiary/aromatic N) is 3. The van der Waals surface area contributed by atoms with Gasteiger partial charge in [0.1, 0.15) is 11.3 Å². The normalized spacial score (nSPS) is 12.3. The van der Waals surface area contributed by atoms with Crippen LogP contribution in [0.4, 0.5) is 0 Å². The number of amides is 1. The molecule has 0 aliphatic heterocycles. The zero-order valence-corrected chi connectivity index (χ0v) is 14.8. The number of rotatable bonds is 6. The van der Waals surface area contributed by atoms with Crippen LogP contribution in [0.25, 0.3) is 10.6 Å². The second-order valence-electron chi connectivity index (χ2n) is 5.91. The van der Waals surface area contributed by atoms with Gasteiger partial charge in [-0.2, -0.15) is 5.10 Å². The molecule has 3 rings (SSSR count). The second-order valence-corrected chi connectivity index (χ2v) is 6.77. The first-order chi connectivity index (χ1) is 11.5. The third-order valence-corrected chi connectivity index (χ3v) is 4.56. The number of hydrogen-bond acceptors (Lipinski definition) is 5. The van der Waals surface area contributed by atoms with Gasteiger partial charge >= 0.3 is 0 Å². The van der Waals surface area contributed by atoms with Crippen LogP contribution in [-0.2, 0) is 17.8 Å². The summed E-state index contributed by atoms with van der Waals surface area (Å²) in [6.45, 7) is 6.61. The molecule has 3 aromatic rings. The third-order valence-electron chi connectivity index (χ3n) is 3.62. The molecule has 0 saturated heterocycles. The summed E-state index contributed by atoms with van der Waals surface area (Å²) in [5.41, 5.74) is 3.79. The first-order valence-electron chi connectivity index (χ1n) is 7.78. The largest absolute Gasteiger partial charge is 0.472 e. The van der Waals surface area contributed by atoms with E-state index < -0.39 is 0 Å². The highest BCUT2D eigenvalue weighted by Crippen LogP contribution is 2.24. The number of hydrogen-bond donors (Lipinski definition) is 1. The van der Waals surface area contributed by atoms with Crippen molar-refractivity contribution in [3.05, 3.63) is 47.1 Å². The van der Waals surface area contributed by atoms with Gasteiger partial charge in [-0.25, -0.2) is 4.98 Å². The predicted molar refractivity (Wildman–Crippen MR) is 92.8 cm³/mol. The van der Waals surface area contributed by atoms with E-state index in [0.29, 0.717) is 6.54 Å². The average molecular weight is 344 g/mol. The monoisotopic (exact) mass is 344 g/mol. The smallest absolute Gasteiger partial charge is 0.226 e. The minimum atomic E-state index is -0.0342. The Morgan fingerprint density at radius 3 is 2.96 bits per heavy atom. The molecule has 0 fully saturated rings. The highest BCUT2D eigenvalue weighted by atomic mass is 32.1. The van der Waals surface area contributed by atoms with Crippen molar-refractivity contribution in [2.24, 2.45) is 0 Å². The molecule has 3 heterocycles. The van der Waals surface area contributed by atoms with Crippen LogP contribution in [0, 0.1) is 13.8 Å². The maximum Gasteiger partial charge on any atom is 0.226 e. The number of aryl methyl sites for hydroxylation is 2. The Kier molecular flexibility index (Phi) is 4.80. The van der Waals surface area contributed by atoms with Crippen LogP contribution in [0.15, 0.2) is 34.5 Å². The van der Waals surface area contributed by atoms with Crippen molar-refractivity contribution in [3.63, 3.8) is 0 Å². The Morgan fingerprint density at radius 2 is 2.29 bits per heavy atom. The maximum absolute atomic E-state index is 12.2. The topological polar surface area (TPSA) is 73.0 Å². The van der Waals surface area contributed by atoms with Gasteiger partial charge < -0.3 is 9.73 Å². The summed E-state index contributed by atoms with van der Waals surface area (Å²) in [6.07, 6.45) is 3.54. The van der Waals surface area contributed by atoms with Crippen molar-refractivity contribution in [3.8, 4) is 10.6 Å². The molecule has 1 N–H and O–H groups in total. The molecular weight excluding hydrogens is 324 g/mol. The van der Waals surface area contributed by atoms with Crippen molar-refractivity contribution in [1.29, 1.82) is 0 Å². The molecule has 0 radical (unpaired) electrons. The van der Waals surface area contributed by atoms with Crippen molar-refractivity contribution < 1.29 is 9.21 Å². The van der Waals surface area contributed by atoms with Gasteiger partial charge in [-0.05, 0) is 32.9 Å².